The number of carbonyl (C=O) groups excluding carboxylic acids is 1. The van der Waals surface area contributed by atoms with E-state index in [1.54, 1.807) is 6.07 Å². The topological polar surface area (TPSA) is 69.7 Å². The number of hydrogen-bond acceptors (Lipinski definition) is 4. The lowest BCUT2D eigenvalue weighted by molar-refractivity contribution is -0.116. The molecule has 0 unspecified atom stereocenters. The predicted molar refractivity (Wildman–Crippen MR) is 84.8 cm³/mol. The van der Waals surface area contributed by atoms with Crippen molar-refractivity contribution in [2.24, 2.45) is 0 Å². The van der Waals surface area contributed by atoms with Crippen LogP contribution in [0, 0.1) is 6.92 Å². The van der Waals surface area contributed by atoms with Crippen LogP contribution < -0.4 is 5.32 Å². The van der Waals surface area contributed by atoms with Crippen molar-refractivity contribution in [3.05, 3.63) is 29.8 Å². The highest BCUT2D eigenvalue weighted by molar-refractivity contribution is 7.88. The number of benzene rings is 1. The summed E-state index contributed by atoms with van der Waals surface area (Å²) < 4.78 is 24.6. The van der Waals surface area contributed by atoms with Crippen molar-refractivity contribution in [3.8, 4) is 0 Å². The molecular weight excluding hydrogens is 290 g/mol. The Bertz CT molecular complexity index is 585. The van der Waals surface area contributed by atoms with E-state index >= 15 is 0 Å². The van der Waals surface area contributed by atoms with Crippen molar-refractivity contribution < 1.29 is 13.2 Å². The zero-order chi connectivity index (χ0) is 16.0. The van der Waals surface area contributed by atoms with E-state index in [1.807, 2.05) is 44.1 Å². The highest BCUT2D eigenvalue weighted by Crippen LogP contribution is 2.09. The third kappa shape index (κ3) is 6.70. The second-order valence-corrected chi connectivity index (χ2v) is 7.30. The van der Waals surface area contributed by atoms with E-state index in [0.29, 0.717) is 12.2 Å². The molecular formula is C14H23N3O3S. The van der Waals surface area contributed by atoms with Gasteiger partial charge in [-0.25, -0.2) is 8.42 Å². The van der Waals surface area contributed by atoms with E-state index < -0.39 is 10.0 Å². The van der Waals surface area contributed by atoms with Gasteiger partial charge in [0, 0.05) is 18.8 Å². The summed E-state index contributed by atoms with van der Waals surface area (Å²) in [7, 11) is 0.299. The monoisotopic (exact) mass is 313 g/mol. The summed E-state index contributed by atoms with van der Waals surface area (Å²) in [5.74, 6) is -0.343. The van der Waals surface area contributed by atoms with E-state index in [0.717, 1.165) is 11.8 Å². The fourth-order valence-electron chi connectivity index (χ4n) is 1.76. The smallest absolute Gasteiger partial charge is 0.239 e. The molecule has 118 valence electrons. The molecule has 0 bridgehead atoms. The van der Waals surface area contributed by atoms with E-state index in [1.165, 1.54) is 4.31 Å². The predicted octanol–water partition coefficient (Wildman–Crippen LogP) is 0.757. The Morgan fingerprint density at radius 2 is 1.90 bits per heavy atom. The van der Waals surface area contributed by atoms with Crippen LogP contribution in [0.1, 0.15) is 5.56 Å². The summed E-state index contributed by atoms with van der Waals surface area (Å²) in [6.45, 7) is 2.59. The Morgan fingerprint density at radius 1 is 1.24 bits per heavy atom. The van der Waals surface area contributed by atoms with Gasteiger partial charge >= 0.3 is 0 Å². The number of hydrogen-bond donors (Lipinski definition) is 1. The molecule has 1 aromatic carbocycles. The molecule has 0 radical (unpaired) electrons. The maximum absolute atomic E-state index is 12.0. The lowest BCUT2D eigenvalue weighted by atomic mass is 10.2. The Hall–Kier alpha value is -1.44. The minimum absolute atomic E-state index is 0.180. The van der Waals surface area contributed by atoms with Crippen LogP contribution in [0.25, 0.3) is 0 Å². The van der Waals surface area contributed by atoms with Crippen LogP contribution in [0.15, 0.2) is 24.3 Å². The van der Waals surface area contributed by atoms with E-state index in [4.69, 9.17) is 0 Å². The third-order valence-electron chi connectivity index (χ3n) is 2.89. The lowest BCUT2D eigenvalue weighted by Gasteiger charge is -2.21. The van der Waals surface area contributed by atoms with Crippen molar-refractivity contribution in [2.45, 2.75) is 6.92 Å². The number of nitrogens with one attached hydrogen (secondary N) is 1. The summed E-state index contributed by atoms with van der Waals surface area (Å²) >= 11 is 0. The molecule has 6 nitrogen and oxygen atoms in total. The number of carbonyl (C=O) groups is 1. The van der Waals surface area contributed by atoms with Gasteiger partial charge in [0.05, 0.1) is 12.8 Å². The Balaban J connectivity index is 2.68. The Kier molecular flexibility index (Phi) is 6.32. The van der Waals surface area contributed by atoms with E-state index in [-0.39, 0.29) is 19.0 Å². The van der Waals surface area contributed by atoms with Crippen molar-refractivity contribution in [1.82, 2.24) is 9.21 Å². The van der Waals surface area contributed by atoms with Crippen LogP contribution in [0.2, 0.25) is 0 Å². The SMILES string of the molecule is Cc1cccc(NC(=O)CN(CCN(C)C)S(C)(=O)=O)c1. The van der Waals surface area contributed by atoms with Crippen LogP contribution in [0.4, 0.5) is 5.69 Å². The van der Waals surface area contributed by atoms with E-state index in [2.05, 4.69) is 5.32 Å². The first-order valence-corrected chi connectivity index (χ1v) is 8.49. The molecule has 0 saturated heterocycles. The quantitative estimate of drug-likeness (QED) is 0.807. The van der Waals surface area contributed by atoms with Crippen molar-refractivity contribution in [2.75, 3.05) is 45.3 Å². The molecule has 1 aromatic rings. The highest BCUT2D eigenvalue weighted by atomic mass is 32.2. The van der Waals surface area contributed by atoms with Gasteiger partial charge in [-0.2, -0.15) is 4.31 Å². The molecule has 0 heterocycles. The van der Waals surface area contributed by atoms with Crippen LogP contribution in [0.5, 0.6) is 0 Å². The summed E-state index contributed by atoms with van der Waals surface area (Å²) in [4.78, 5) is 13.9. The minimum atomic E-state index is -3.41. The van der Waals surface area contributed by atoms with Gasteiger partial charge in [0.1, 0.15) is 0 Å². The number of rotatable bonds is 7. The summed E-state index contributed by atoms with van der Waals surface area (Å²) in [5.41, 5.74) is 1.70. The van der Waals surface area contributed by atoms with Crippen LogP contribution in [0.3, 0.4) is 0 Å². The van der Waals surface area contributed by atoms with Crippen LogP contribution in [-0.4, -0.2) is 63.5 Å². The molecule has 21 heavy (non-hydrogen) atoms. The van der Waals surface area contributed by atoms with Crippen molar-refractivity contribution >= 4 is 21.6 Å². The van der Waals surface area contributed by atoms with Gasteiger partial charge in [0.25, 0.3) is 0 Å². The van der Waals surface area contributed by atoms with Gasteiger partial charge in [0.2, 0.25) is 15.9 Å². The molecule has 1 amide bonds. The third-order valence-corrected chi connectivity index (χ3v) is 4.14. The minimum Gasteiger partial charge on any atom is -0.325 e. The molecule has 0 aliphatic heterocycles. The fraction of sp³-hybridized carbons (Fsp3) is 0.500. The summed E-state index contributed by atoms with van der Waals surface area (Å²) in [6.07, 6.45) is 1.11. The average Bonchev–Trinajstić information content (AvgIpc) is 2.32. The first kappa shape index (κ1) is 17.6. The maximum Gasteiger partial charge on any atom is 0.239 e. The van der Waals surface area contributed by atoms with E-state index in [9.17, 15) is 13.2 Å². The van der Waals surface area contributed by atoms with Gasteiger partial charge < -0.3 is 10.2 Å². The number of anilines is 1. The second kappa shape index (κ2) is 7.53. The Labute approximate surface area is 126 Å². The molecule has 1 rings (SSSR count). The number of nitrogens with zero attached hydrogens (tertiary/aromatic N) is 2. The zero-order valence-electron chi connectivity index (χ0n) is 13.0. The second-order valence-electron chi connectivity index (χ2n) is 5.32. The van der Waals surface area contributed by atoms with Crippen LogP contribution >= 0.6 is 0 Å². The molecule has 7 heteroatoms. The maximum atomic E-state index is 12.0. The lowest BCUT2D eigenvalue weighted by Crippen LogP contribution is -2.41. The zero-order valence-corrected chi connectivity index (χ0v) is 13.8. The number of likely N-dealkylation sites (N-methyl/N-ethyl adjacent to an activating group) is 1. The molecule has 0 saturated carbocycles. The summed E-state index contributed by atoms with van der Waals surface area (Å²) in [6, 6.07) is 7.37. The average molecular weight is 313 g/mol. The molecule has 0 spiro atoms. The van der Waals surface area contributed by atoms with Gasteiger partial charge in [-0.15, -0.1) is 0 Å². The number of sulfonamides is 1. The first-order valence-electron chi connectivity index (χ1n) is 6.65. The van der Waals surface area contributed by atoms with Crippen molar-refractivity contribution in [1.29, 1.82) is 0 Å². The highest BCUT2D eigenvalue weighted by Gasteiger charge is 2.20. The van der Waals surface area contributed by atoms with Gasteiger partial charge in [0.15, 0.2) is 0 Å². The first-order chi connectivity index (χ1) is 9.68. The van der Waals surface area contributed by atoms with Gasteiger partial charge in [-0.3, -0.25) is 4.79 Å². The molecule has 1 N–H and O–H groups in total. The molecule has 0 aromatic heterocycles. The molecule has 0 fully saturated rings. The largest absolute Gasteiger partial charge is 0.325 e. The van der Waals surface area contributed by atoms with Crippen LogP contribution in [-0.2, 0) is 14.8 Å². The molecule has 0 atom stereocenters. The number of amides is 1. The van der Waals surface area contributed by atoms with Gasteiger partial charge in [-0.05, 0) is 38.7 Å². The normalized spacial score (nSPS) is 11.9. The molecule has 0 aliphatic rings. The molecule has 0 aliphatic carbocycles. The standard InChI is InChI=1S/C14H23N3O3S/c1-12-6-5-7-13(10-12)15-14(18)11-17(21(4,19)20)9-8-16(2)3/h5-7,10H,8-9,11H2,1-4H3,(H,15,18). The van der Waals surface area contributed by atoms with Gasteiger partial charge in [-0.1, -0.05) is 12.1 Å². The summed E-state index contributed by atoms with van der Waals surface area (Å²) in [5, 5.41) is 2.71. The van der Waals surface area contributed by atoms with Crippen molar-refractivity contribution in [3.63, 3.8) is 0 Å². The number of aryl methyl sites for hydroxylation is 1. The Morgan fingerprint density at radius 3 is 2.43 bits per heavy atom. The fourth-order valence-corrected chi connectivity index (χ4v) is 2.52.